The number of benzene rings is 3. The Balaban J connectivity index is 1.54. The van der Waals surface area contributed by atoms with Crippen LogP contribution in [0.3, 0.4) is 0 Å². The Labute approximate surface area is 270 Å². The Hall–Kier alpha value is -5.22. The number of rotatable bonds is 8. The number of aromatic nitrogens is 3. The van der Waals surface area contributed by atoms with Gasteiger partial charge in [-0.2, -0.15) is 5.10 Å². The summed E-state index contributed by atoms with van der Waals surface area (Å²) in [6.45, 7) is 7.76. The number of thiazole rings is 1. The number of ether oxygens (including phenoxy) is 3. The molecule has 6 rings (SSSR count). The van der Waals surface area contributed by atoms with E-state index < -0.39 is 12.0 Å². The maximum absolute atomic E-state index is 14.3. The Kier molecular flexibility index (Phi) is 8.46. The molecule has 0 fully saturated rings. The number of para-hydroxylation sites is 1. The quantitative estimate of drug-likeness (QED) is 0.213. The predicted molar refractivity (Wildman–Crippen MR) is 178 cm³/mol. The molecule has 3 aromatic carbocycles. The van der Waals surface area contributed by atoms with Crippen LogP contribution < -0.4 is 24.4 Å². The first-order valence-corrected chi connectivity index (χ1v) is 15.7. The number of esters is 1. The lowest BCUT2D eigenvalue weighted by Gasteiger charge is -2.24. The fourth-order valence-electron chi connectivity index (χ4n) is 5.55. The molecule has 5 aromatic rings. The van der Waals surface area contributed by atoms with Crippen LogP contribution in [-0.2, 0) is 9.53 Å². The fraction of sp³-hybridized carbons (Fsp3) is 0.222. The highest BCUT2D eigenvalue weighted by Gasteiger charge is 2.33. The van der Waals surface area contributed by atoms with Gasteiger partial charge in [0.25, 0.3) is 5.56 Å². The second-order valence-electron chi connectivity index (χ2n) is 11.2. The van der Waals surface area contributed by atoms with Crippen molar-refractivity contribution in [2.24, 2.45) is 4.99 Å². The smallest absolute Gasteiger partial charge is 0.338 e. The summed E-state index contributed by atoms with van der Waals surface area (Å²) < 4.78 is 20.3. The number of hydrogen-bond acceptors (Lipinski definition) is 8. The molecule has 2 aromatic heterocycles. The van der Waals surface area contributed by atoms with Gasteiger partial charge in [-0.3, -0.25) is 9.36 Å². The molecule has 1 unspecified atom stereocenters. The lowest BCUT2D eigenvalue weighted by Crippen LogP contribution is -2.39. The Morgan fingerprint density at radius 2 is 1.74 bits per heavy atom. The van der Waals surface area contributed by atoms with Gasteiger partial charge in [0.2, 0.25) is 0 Å². The second-order valence-corrected chi connectivity index (χ2v) is 12.2. The normalized spacial score (nSPS) is 14.7. The first kappa shape index (κ1) is 30.8. The summed E-state index contributed by atoms with van der Waals surface area (Å²) in [5.74, 6) is 0.938. The summed E-state index contributed by atoms with van der Waals surface area (Å²) in [7, 11) is 2.92. The third-order valence-electron chi connectivity index (χ3n) is 7.72. The molecule has 0 bridgehead atoms. The van der Waals surface area contributed by atoms with Crippen LogP contribution >= 0.6 is 11.3 Å². The summed E-state index contributed by atoms with van der Waals surface area (Å²) in [5.41, 5.74) is 5.51. The zero-order valence-corrected chi connectivity index (χ0v) is 27.3. The summed E-state index contributed by atoms with van der Waals surface area (Å²) in [5, 5.41) is 4.96. The van der Waals surface area contributed by atoms with Gasteiger partial charge in [0.15, 0.2) is 4.80 Å². The molecule has 0 radical (unpaired) electrons. The first-order chi connectivity index (χ1) is 22.2. The topological polar surface area (TPSA) is 96.9 Å². The Morgan fingerprint density at radius 3 is 2.39 bits per heavy atom. The highest BCUT2D eigenvalue weighted by molar-refractivity contribution is 7.07. The number of aryl methyl sites for hydroxylation is 1. The van der Waals surface area contributed by atoms with Gasteiger partial charge in [0.05, 0.1) is 47.9 Å². The van der Waals surface area contributed by atoms with Crippen molar-refractivity contribution in [1.29, 1.82) is 0 Å². The van der Waals surface area contributed by atoms with Crippen LogP contribution in [0.5, 0.6) is 11.5 Å². The summed E-state index contributed by atoms with van der Waals surface area (Å²) >= 11 is 1.27. The maximum atomic E-state index is 14.3. The standard InChI is InChI=1S/C36H34N4O5S/c1-21(2)45-29-17-14-25(18-22(29)3)32-26(20-39(38-32)27-10-8-7-9-11-27)19-30-34(41)40-33(24-12-15-28(43-5)16-13-24)31(35(42)44-6)23(4)37-36(40)46-30/h7-21,33H,1-6H3. The van der Waals surface area contributed by atoms with Gasteiger partial charge in [0.1, 0.15) is 17.2 Å². The number of nitrogens with zero attached hydrogens (tertiary/aromatic N) is 4. The zero-order valence-electron chi connectivity index (χ0n) is 26.5. The molecule has 0 amide bonds. The summed E-state index contributed by atoms with van der Waals surface area (Å²) in [6, 6.07) is 22.4. The van der Waals surface area contributed by atoms with E-state index in [-0.39, 0.29) is 11.7 Å². The zero-order chi connectivity index (χ0) is 32.5. The number of methoxy groups -OCH3 is 2. The van der Waals surface area contributed by atoms with E-state index in [4.69, 9.17) is 19.3 Å². The van der Waals surface area contributed by atoms with E-state index in [1.807, 2.05) is 98.4 Å². The monoisotopic (exact) mass is 634 g/mol. The lowest BCUT2D eigenvalue weighted by atomic mass is 9.96. The molecular weight excluding hydrogens is 600 g/mol. The van der Waals surface area contributed by atoms with Gasteiger partial charge in [-0.05, 0) is 87.4 Å². The van der Waals surface area contributed by atoms with Crippen LogP contribution in [-0.4, -0.2) is 40.6 Å². The van der Waals surface area contributed by atoms with Crippen LogP contribution in [0.15, 0.2) is 100 Å². The molecule has 9 nitrogen and oxygen atoms in total. The average Bonchev–Trinajstić information content (AvgIpc) is 3.61. The van der Waals surface area contributed by atoms with Gasteiger partial charge in [-0.1, -0.05) is 41.7 Å². The van der Waals surface area contributed by atoms with Gasteiger partial charge < -0.3 is 14.2 Å². The van der Waals surface area contributed by atoms with Gasteiger partial charge in [-0.25, -0.2) is 14.5 Å². The van der Waals surface area contributed by atoms with Gasteiger partial charge >= 0.3 is 5.97 Å². The van der Waals surface area contributed by atoms with Crippen molar-refractivity contribution in [2.75, 3.05) is 14.2 Å². The number of fused-ring (bicyclic) bond motifs is 1. The van der Waals surface area contributed by atoms with E-state index in [1.54, 1.807) is 30.7 Å². The van der Waals surface area contributed by atoms with Crippen molar-refractivity contribution in [3.05, 3.63) is 127 Å². The number of carbonyl (C=O) groups excluding carboxylic acids is 1. The molecule has 0 saturated heterocycles. The fourth-order valence-corrected chi connectivity index (χ4v) is 6.59. The number of allylic oxidation sites excluding steroid dienone is 1. The third kappa shape index (κ3) is 5.79. The van der Waals surface area contributed by atoms with E-state index in [1.165, 1.54) is 18.4 Å². The van der Waals surface area contributed by atoms with E-state index in [0.717, 1.165) is 33.7 Å². The third-order valence-corrected chi connectivity index (χ3v) is 8.70. The van der Waals surface area contributed by atoms with E-state index in [0.29, 0.717) is 32.0 Å². The van der Waals surface area contributed by atoms with Crippen molar-refractivity contribution in [3.8, 4) is 28.4 Å². The van der Waals surface area contributed by atoms with Crippen LogP contribution in [0.2, 0.25) is 0 Å². The SMILES string of the molecule is COC(=O)C1=C(C)N=c2sc(=Cc3cn(-c4ccccc4)nc3-c3ccc(OC(C)C)c(C)c3)c(=O)n2C1c1ccc(OC)cc1. The van der Waals surface area contributed by atoms with E-state index in [9.17, 15) is 9.59 Å². The molecule has 1 aliphatic rings. The van der Waals surface area contributed by atoms with Crippen LogP contribution in [0.4, 0.5) is 0 Å². The Morgan fingerprint density at radius 1 is 1.00 bits per heavy atom. The molecule has 1 aliphatic heterocycles. The van der Waals surface area contributed by atoms with Crippen LogP contribution in [0.1, 0.15) is 43.5 Å². The molecule has 0 spiro atoms. The minimum Gasteiger partial charge on any atom is -0.497 e. The summed E-state index contributed by atoms with van der Waals surface area (Å²) in [6.07, 6.45) is 3.82. The second kappa shape index (κ2) is 12.6. The molecule has 0 aliphatic carbocycles. The minimum absolute atomic E-state index is 0.0496. The van der Waals surface area contributed by atoms with Gasteiger partial charge in [0, 0.05) is 17.3 Å². The minimum atomic E-state index is -0.723. The molecule has 234 valence electrons. The van der Waals surface area contributed by atoms with Gasteiger partial charge in [-0.15, -0.1) is 0 Å². The van der Waals surface area contributed by atoms with Crippen molar-refractivity contribution in [3.63, 3.8) is 0 Å². The molecule has 1 atom stereocenters. The highest BCUT2D eigenvalue weighted by Crippen LogP contribution is 2.32. The predicted octanol–water partition coefficient (Wildman–Crippen LogP) is 5.37. The van der Waals surface area contributed by atoms with Crippen molar-refractivity contribution in [2.45, 2.75) is 39.8 Å². The maximum Gasteiger partial charge on any atom is 0.338 e. The van der Waals surface area contributed by atoms with E-state index in [2.05, 4.69) is 4.99 Å². The first-order valence-electron chi connectivity index (χ1n) is 14.9. The highest BCUT2D eigenvalue weighted by atomic mass is 32.1. The van der Waals surface area contributed by atoms with Crippen molar-refractivity contribution >= 4 is 23.4 Å². The van der Waals surface area contributed by atoms with Crippen LogP contribution in [0, 0.1) is 6.92 Å². The molecule has 46 heavy (non-hydrogen) atoms. The number of hydrogen-bond donors (Lipinski definition) is 0. The molecular formula is C36H34N4O5S. The molecule has 0 N–H and O–H groups in total. The molecule has 3 heterocycles. The summed E-state index contributed by atoms with van der Waals surface area (Å²) in [4.78, 5) is 32.5. The lowest BCUT2D eigenvalue weighted by molar-refractivity contribution is -0.136. The average molecular weight is 635 g/mol. The van der Waals surface area contributed by atoms with Crippen LogP contribution in [0.25, 0.3) is 23.0 Å². The molecule has 0 saturated carbocycles. The van der Waals surface area contributed by atoms with Crippen molar-refractivity contribution < 1.29 is 19.0 Å². The van der Waals surface area contributed by atoms with Crippen molar-refractivity contribution in [1.82, 2.24) is 14.3 Å². The van der Waals surface area contributed by atoms with E-state index >= 15 is 0 Å². The molecule has 10 heteroatoms. The number of carbonyl (C=O) groups is 1. The Bertz CT molecular complexity index is 2140. The largest absolute Gasteiger partial charge is 0.497 e.